The van der Waals surface area contributed by atoms with Crippen LogP contribution in [0.3, 0.4) is 0 Å². The van der Waals surface area contributed by atoms with E-state index in [4.69, 9.17) is 9.15 Å². The smallest absolute Gasteiger partial charge is 0.411 e. The molecule has 27 heavy (non-hydrogen) atoms. The van der Waals surface area contributed by atoms with Crippen molar-refractivity contribution in [2.75, 3.05) is 17.2 Å². The maximum Gasteiger partial charge on any atom is 0.411 e. The summed E-state index contributed by atoms with van der Waals surface area (Å²) < 4.78 is 10.9. The van der Waals surface area contributed by atoms with Crippen LogP contribution in [0.1, 0.15) is 19.4 Å². The Morgan fingerprint density at radius 2 is 2.11 bits per heavy atom. The number of hydrogen-bond donors (Lipinski definition) is 2. The lowest BCUT2D eigenvalue weighted by Crippen LogP contribution is -2.16. The van der Waals surface area contributed by atoms with Crippen LogP contribution in [0.2, 0.25) is 0 Å². The van der Waals surface area contributed by atoms with Crippen molar-refractivity contribution in [2.45, 2.75) is 20.8 Å². The molecule has 2 aromatic heterocycles. The maximum atomic E-state index is 11.8. The molecule has 7 heteroatoms. The summed E-state index contributed by atoms with van der Waals surface area (Å²) in [6.45, 7) is 6.29. The van der Waals surface area contributed by atoms with E-state index in [1.807, 2.05) is 45.0 Å². The first-order chi connectivity index (χ1) is 13.0. The Labute approximate surface area is 157 Å². The van der Waals surface area contributed by atoms with E-state index in [-0.39, 0.29) is 5.92 Å². The van der Waals surface area contributed by atoms with Crippen molar-refractivity contribution in [3.8, 4) is 11.3 Å². The highest BCUT2D eigenvalue weighted by Crippen LogP contribution is 2.27. The first kappa shape index (κ1) is 18.4. The van der Waals surface area contributed by atoms with Crippen molar-refractivity contribution in [1.82, 2.24) is 9.97 Å². The van der Waals surface area contributed by atoms with Crippen molar-refractivity contribution in [2.24, 2.45) is 5.92 Å². The number of anilines is 3. The van der Waals surface area contributed by atoms with Crippen LogP contribution in [0.5, 0.6) is 0 Å². The van der Waals surface area contributed by atoms with Crippen molar-refractivity contribution >= 4 is 23.5 Å². The molecule has 0 aliphatic carbocycles. The number of aromatic nitrogens is 2. The number of nitrogens with one attached hydrogen (secondary N) is 2. The second-order valence-corrected chi connectivity index (χ2v) is 6.54. The number of hydrogen-bond acceptors (Lipinski definition) is 6. The molecule has 3 rings (SSSR count). The molecule has 0 atom stereocenters. The molecular weight excluding hydrogens is 344 g/mol. The number of ether oxygens (including phenoxy) is 1. The minimum absolute atomic E-state index is 0.282. The summed E-state index contributed by atoms with van der Waals surface area (Å²) in [5.74, 6) is 0.903. The van der Waals surface area contributed by atoms with Gasteiger partial charge in [-0.25, -0.2) is 9.78 Å². The van der Waals surface area contributed by atoms with E-state index in [9.17, 15) is 4.79 Å². The van der Waals surface area contributed by atoms with Gasteiger partial charge in [-0.15, -0.1) is 0 Å². The molecule has 1 amide bonds. The largest absolute Gasteiger partial charge is 0.449 e. The van der Waals surface area contributed by atoms with Gasteiger partial charge in [0.1, 0.15) is 0 Å². The predicted molar refractivity (Wildman–Crippen MR) is 104 cm³/mol. The van der Waals surface area contributed by atoms with E-state index in [1.165, 1.54) is 0 Å². The van der Waals surface area contributed by atoms with Gasteiger partial charge in [0.15, 0.2) is 5.76 Å². The van der Waals surface area contributed by atoms with Gasteiger partial charge in [0, 0.05) is 29.3 Å². The lowest BCUT2D eigenvalue weighted by molar-refractivity contribution is 0.147. The zero-order valence-electron chi connectivity index (χ0n) is 15.5. The highest BCUT2D eigenvalue weighted by atomic mass is 16.5. The molecule has 1 aromatic carbocycles. The molecule has 2 N–H and O–H groups in total. The summed E-state index contributed by atoms with van der Waals surface area (Å²) >= 11 is 0. The van der Waals surface area contributed by atoms with E-state index in [2.05, 4.69) is 20.6 Å². The Hall–Kier alpha value is -3.35. The van der Waals surface area contributed by atoms with Crippen LogP contribution in [0, 0.1) is 12.8 Å². The third kappa shape index (κ3) is 5.07. The van der Waals surface area contributed by atoms with Crippen LogP contribution in [0.25, 0.3) is 11.3 Å². The first-order valence-electron chi connectivity index (χ1n) is 8.69. The average Bonchev–Trinajstić information content (AvgIpc) is 3.12. The number of nitrogens with zero attached hydrogens (tertiary/aromatic N) is 2. The topological polar surface area (TPSA) is 89.3 Å². The van der Waals surface area contributed by atoms with E-state index in [0.717, 1.165) is 16.8 Å². The molecule has 0 spiro atoms. The number of carbonyl (C=O) groups excluding carboxylic acids is 1. The van der Waals surface area contributed by atoms with Gasteiger partial charge in [0.25, 0.3) is 6.01 Å². The van der Waals surface area contributed by atoms with Gasteiger partial charge in [-0.2, -0.15) is 0 Å². The minimum Gasteiger partial charge on any atom is -0.449 e. The van der Waals surface area contributed by atoms with Gasteiger partial charge in [-0.1, -0.05) is 19.9 Å². The number of oxazole rings is 1. The van der Waals surface area contributed by atoms with Gasteiger partial charge in [0.05, 0.1) is 12.8 Å². The number of carbonyl (C=O) groups is 1. The van der Waals surface area contributed by atoms with Crippen molar-refractivity contribution in [1.29, 1.82) is 0 Å². The van der Waals surface area contributed by atoms with Crippen LogP contribution in [0.15, 0.2) is 53.3 Å². The lowest BCUT2D eigenvalue weighted by atomic mass is 10.2. The highest BCUT2D eigenvalue weighted by molar-refractivity contribution is 5.85. The zero-order chi connectivity index (χ0) is 19.2. The second kappa shape index (κ2) is 8.35. The van der Waals surface area contributed by atoms with Crippen LogP contribution in [-0.4, -0.2) is 22.7 Å². The normalized spacial score (nSPS) is 10.7. The van der Waals surface area contributed by atoms with Crippen LogP contribution < -0.4 is 10.6 Å². The Morgan fingerprint density at radius 1 is 1.26 bits per heavy atom. The van der Waals surface area contributed by atoms with Crippen molar-refractivity contribution in [3.05, 3.63) is 54.5 Å². The number of aryl methyl sites for hydroxylation is 1. The number of rotatable bonds is 6. The van der Waals surface area contributed by atoms with E-state index < -0.39 is 6.09 Å². The third-order valence-electron chi connectivity index (χ3n) is 3.73. The fraction of sp³-hybridized carbons (Fsp3) is 0.250. The summed E-state index contributed by atoms with van der Waals surface area (Å²) in [5, 5.41) is 5.86. The lowest BCUT2D eigenvalue weighted by Gasteiger charge is -2.11. The molecule has 140 valence electrons. The van der Waals surface area contributed by atoms with E-state index >= 15 is 0 Å². The minimum atomic E-state index is -0.478. The SMILES string of the molecule is Cc1ccc(NC(=O)OCC(C)C)cc1Nc1ncc(-c2cccnc2)o1. The summed E-state index contributed by atoms with van der Waals surface area (Å²) in [4.78, 5) is 20.2. The van der Waals surface area contributed by atoms with E-state index in [1.54, 1.807) is 24.7 Å². The van der Waals surface area contributed by atoms with Gasteiger partial charge in [-0.05, 0) is 42.7 Å². The van der Waals surface area contributed by atoms with Gasteiger partial charge >= 0.3 is 6.09 Å². The van der Waals surface area contributed by atoms with Crippen molar-refractivity contribution < 1.29 is 13.9 Å². The molecular formula is C20H22N4O3. The summed E-state index contributed by atoms with van der Waals surface area (Å²) in [6, 6.07) is 9.61. The molecule has 0 unspecified atom stereocenters. The van der Waals surface area contributed by atoms with Crippen molar-refractivity contribution in [3.63, 3.8) is 0 Å². The summed E-state index contributed by atoms with van der Waals surface area (Å²) in [7, 11) is 0. The molecule has 0 aliphatic rings. The fourth-order valence-corrected chi connectivity index (χ4v) is 2.32. The van der Waals surface area contributed by atoms with Gasteiger partial charge in [0.2, 0.25) is 0 Å². The van der Waals surface area contributed by atoms with Crippen LogP contribution >= 0.6 is 0 Å². The zero-order valence-corrected chi connectivity index (χ0v) is 15.5. The monoisotopic (exact) mass is 366 g/mol. The molecule has 0 bridgehead atoms. The quantitative estimate of drug-likeness (QED) is 0.638. The molecule has 2 heterocycles. The van der Waals surface area contributed by atoms with Crippen LogP contribution in [0.4, 0.5) is 22.2 Å². The standard InChI is InChI=1S/C20H22N4O3/c1-13(2)12-26-20(25)23-16-7-6-14(3)17(9-16)24-19-22-11-18(27-19)15-5-4-8-21-10-15/h4-11,13H,12H2,1-3H3,(H,22,24)(H,23,25). The summed E-state index contributed by atoms with van der Waals surface area (Å²) in [5.41, 5.74) is 3.22. The molecule has 0 radical (unpaired) electrons. The molecule has 3 aromatic rings. The number of amides is 1. The number of benzene rings is 1. The van der Waals surface area contributed by atoms with Gasteiger partial charge in [-0.3, -0.25) is 10.3 Å². The molecule has 7 nitrogen and oxygen atoms in total. The van der Waals surface area contributed by atoms with Crippen LogP contribution in [-0.2, 0) is 4.74 Å². The maximum absolute atomic E-state index is 11.8. The first-order valence-corrected chi connectivity index (χ1v) is 8.69. The average molecular weight is 366 g/mol. The Kier molecular flexibility index (Phi) is 5.71. The molecule has 0 aliphatic heterocycles. The summed E-state index contributed by atoms with van der Waals surface area (Å²) in [6.07, 6.45) is 4.57. The predicted octanol–water partition coefficient (Wildman–Crippen LogP) is 4.99. The van der Waals surface area contributed by atoms with E-state index in [0.29, 0.717) is 24.1 Å². The fourth-order valence-electron chi connectivity index (χ4n) is 2.32. The third-order valence-corrected chi connectivity index (χ3v) is 3.73. The molecule has 0 saturated heterocycles. The number of pyridine rings is 1. The Bertz CT molecular complexity index is 907. The molecule has 0 fully saturated rings. The second-order valence-electron chi connectivity index (χ2n) is 6.54. The molecule has 0 saturated carbocycles. The van der Waals surface area contributed by atoms with Gasteiger partial charge < -0.3 is 14.5 Å². The highest BCUT2D eigenvalue weighted by Gasteiger charge is 2.10. The Balaban J connectivity index is 1.70. The Morgan fingerprint density at radius 3 is 2.85 bits per heavy atom.